The maximum atomic E-state index is 13.6. The largest absolute Gasteiger partial charge is 0.462 e. The lowest BCUT2D eigenvalue weighted by Gasteiger charge is -2.41. The number of hydrogen-bond donors (Lipinski definition) is 0. The summed E-state index contributed by atoms with van der Waals surface area (Å²) in [5, 5.41) is 0. The third-order valence-corrected chi connectivity index (χ3v) is 3.94. The molecule has 1 radical (unpaired) electrons. The van der Waals surface area contributed by atoms with Crippen LogP contribution < -0.4 is 0 Å². The van der Waals surface area contributed by atoms with Crippen LogP contribution in [0.15, 0.2) is 11.8 Å². The number of halogens is 17. The second kappa shape index (κ2) is 10.3. The van der Waals surface area contributed by atoms with Crippen LogP contribution in [-0.2, 0) is 14.3 Å². The van der Waals surface area contributed by atoms with Gasteiger partial charge >= 0.3 is 53.7 Å². The van der Waals surface area contributed by atoms with Crippen LogP contribution in [0.4, 0.5) is 74.6 Å². The predicted octanol–water partition coefficient (Wildman–Crippen LogP) is 7.03. The molecule has 1 atom stereocenters. The number of hydrogen-bond acceptors (Lipinski definition) is 3. The lowest BCUT2D eigenvalue weighted by Crippen LogP contribution is -2.72. The first-order valence-electron chi connectivity index (χ1n) is 8.69. The molecule has 20 heteroatoms. The highest BCUT2D eigenvalue weighted by molar-refractivity contribution is 5.69. The number of allylic oxidation sites excluding steroid dienone is 1. The number of carbonyl (C=O) groups is 1. The Balaban J connectivity index is 6.31. The van der Waals surface area contributed by atoms with Crippen LogP contribution in [0.5, 0.6) is 0 Å². The van der Waals surface area contributed by atoms with Gasteiger partial charge in [-0.05, 0) is 13.3 Å². The second-order valence-corrected chi connectivity index (χ2v) is 6.75. The zero-order valence-corrected chi connectivity index (χ0v) is 17.1. The maximum Gasteiger partial charge on any atom is 0.460 e. The van der Waals surface area contributed by atoms with Crippen molar-refractivity contribution in [1.29, 1.82) is 0 Å². The Bertz CT molecular complexity index is 815. The summed E-state index contributed by atoms with van der Waals surface area (Å²) in [5.41, 5.74) is 0. The maximum absolute atomic E-state index is 13.6. The van der Waals surface area contributed by atoms with Crippen LogP contribution in [0.1, 0.15) is 19.8 Å². The van der Waals surface area contributed by atoms with Gasteiger partial charge in [0.15, 0.2) is 0 Å². The average Bonchev–Trinajstić information content (AvgIpc) is 2.70. The van der Waals surface area contributed by atoms with Gasteiger partial charge in [0.25, 0.3) is 0 Å². The van der Waals surface area contributed by atoms with E-state index in [9.17, 15) is 79.4 Å². The smallest absolute Gasteiger partial charge is 0.460 e. The Kier molecular flexibility index (Phi) is 9.67. The molecule has 36 heavy (non-hydrogen) atoms. The van der Waals surface area contributed by atoms with Crippen LogP contribution >= 0.6 is 0 Å². The average molecular weight is 575 g/mol. The van der Waals surface area contributed by atoms with Gasteiger partial charge in [0.1, 0.15) is 12.7 Å². The number of esters is 1. The van der Waals surface area contributed by atoms with Crippen LogP contribution in [0.25, 0.3) is 0 Å². The summed E-state index contributed by atoms with van der Waals surface area (Å²) in [4.78, 5) is 11.0. The van der Waals surface area contributed by atoms with Crippen LogP contribution in [0.3, 0.4) is 0 Å². The van der Waals surface area contributed by atoms with Gasteiger partial charge in [-0.2, -0.15) is 74.6 Å². The quantitative estimate of drug-likeness (QED) is 0.143. The molecule has 0 aromatic heterocycles. The Morgan fingerprint density at radius 1 is 0.722 bits per heavy atom. The highest BCUT2D eigenvalue weighted by Gasteiger charge is 2.93. The van der Waals surface area contributed by atoms with Crippen molar-refractivity contribution < 1.29 is 88.9 Å². The lowest BCUT2D eigenvalue weighted by atomic mass is 9.91. The Morgan fingerprint density at radius 2 is 1.11 bits per heavy atom. The molecule has 0 bridgehead atoms. The molecular formula is C16H12F17O3. The van der Waals surface area contributed by atoms with E-state index in [0.29, 0.717) is 6.92 Å². The third kappa shape index (κ3) is 5.55. The topological polar surface area (TPSA) is 35.5 Å². The summed E-state index contributed by atoms with van der Waals surface area (Å²) in [6.07, 6.45) is -10.3. The predicted molar refractivity (Wildman–Crippen MR) is 81.1 cm³/mol. The van der Waals surface area contributed by atoms with Gasteiger partial charge in [-0.15, -0.1) is 0 Å². The molecule has 1 unspecified atom stereocenters. The first kappa shape index (κ1) is 33.8. The summed E-state index contributed by atoms with van der Waals surface area (Å²) < 4.78 is 230. The minimum Gasteiger partial charge on any atom is -0.462 e. The van der Waals surface area contributed by atoms with Gasteiger partial charge in [0.05, 0.1) is 0 Å². The zero-order chi connectivity index (χ0) is 29.3. The Labute approximate surface area is 189 Å². The highest BCUT2D eigenvalue weighted by Crippen LogP contribution is 2.63. The van der Waals surface area contributed by atoms with Gasteiger partial charge in [-0.25, -0.2) is 0 Å². The van der Waals surface area contributed by atoms with Gasteiger partial charge in [-0.1, -0.05) is 6.92 Å². The molecule has 0 aliphatic heterocycles. The van der Waals surface area contributed by atoms with Gasteiger partial charge in [0.2, 0.25) is 5.83 Å². The number of carbonyl (C=O) groups excluding carboxylic acids is 1. The Hall–Kier alpha value is -2.18. The van der Waals surface area contributed by atoms with E-state index in [1.54, 1.807) is 0 Å². The standard InChI is InChI=1S/C16H12F17O3/c1-3-4-7(34)35-5-6(2)36-9(18)8(17)10(19,20)11(21,22)12(23,24)13(25,26)14(27,28)15(29,30)16(31,32)33/h6H,1,3-5H2,2H3. The number of rotatable bonds is 12. The lowest BCUT2D eigenvalue weighted by molar-refractivity contribution is -0.451. The molecule has 0 aromatic carbocycles. The van der Waals surface area contributed by atoms with Crippen LogP contribution in [0.2, 0.25) is 0 Å². The van der Waals surface area contributed by atoms with E-state index in [4.69, 9.17) is 0 Å². The minimum atomic E-state index is -8.65. The first-order valence-corrected chi connectivity index (χ1v) is 8.69. The highest BCUT2D eigenvalue weighted by atomic mass is 19.4. The summed E-state index contributed by atoms with van der Waals surface area (Å²) in [6.45, 7) is 2.60. The molecule has 0 aliphatic carbocycles. The minimum absolute atomic E-state index is 0.0644. The molecule has 0 N–H and O–H groups in total. The van der Waals surface area contributed by atoms with Crippen molar-refractivity contribution in [2.45, 2.75) is 67.6 Å². The van der Waals surface area contributed by atoms with Crippen LogP contribution in [0, 0.1) is 6.92 Å². The summed E-state index contributed by atoms with van der Waals surface area (Å²) in [6, 6.07) is -3.58. The third-order valence-electron chi connectivity index (χ3n) is 3.94. The molecule has 213 valence electrons. The molecule has 0 heterocycles. The van der Waals surface area contributed by atoms with Gasteiger partial charge < -0.3 is 9.47 Å². The molecule has 0 aromatic rings. The molecule has 0 saturated carbocycles. The number of alkyl halides is 15. The van der Waals surface area contributed by atoms with E-state index >= 15 is 0 Å². The van der Waals surface area contributed by atoms with E-state index in [-0.39, 0.29) is 12.8 Å². The first-order chi connectivity index (χ1) is 15.7. The van der Waals surface area contributed by atoms with E-state index < -0.39 is 72.2 Å². The van der Waals surface area contributed by atoms with Crippen molar-refractivity contribution >= 4 is 5.97 Å². The fourth-order valence-corrected chi connectivity index (χ4v) is 1.92. The molecular weight excluding hydrogens is 563 g/mol. The Morgan fingerprint density at radius 3 is 1.50 bits per heavy atom. The van der Waals surface area contributed by atoms with Crippen molar-refractivity contribution in [3.63, 3.8) is 0 Å². The van der Waals surface area contributed by atoms with Crippen molar-refractivity contribution in [3.8, 4) is 0 Å². The van der Waals surface area contributed by atoms with Crippen molar-refractivity contribution in [2.75, 3.05) is 6.61 Å². The normalized spacial score (nSPS) is 16.4. The SMILES string of the molecule is [CH2]CCC(=O)OCC(C)OC(F)=C(F)C(F)(F)C(F)(F)C(F)(F)C(F)(F)C(F)(F)C(F)(F)C(F)(F)F. The molecule has 0 saturated heterocycles. The van der Waals surface area contributed by atoms with Crippen molar-refractivity contribution in [1.82, 2.24) is 0 Å². The van der Waals surface area contributed by atoms with Crippen molar-refractivity contribution in [3.05, 3.63) is 18.8 Å². The fourth-order valence-electron chi connectivity index (χ4n) is 1.92. The van der Waals surface area contributed by atoms with E-state index in [1.807, 2.05) is 0 Å². The second-order valence-electron chi connectivity index (χ2n) is 6.75. The van der Waals surface area contributed by atoms with Crippen molar-refractivity contribution in [2.24, 2.45) is 0 Å². The summed E-state index contributed by atoms with van der Waals surface area (Å²) in [7, 11) is 0. The van der Waals surface area contributed by atoms with Gasteiger partial charge in [-0.3, -0.25) is 4.79 Å². The van der Waals surface area contributed by atoms with E-state index in [0.717, 1.165) is 0 Å². The zero-order valence-electron chi connectivity index (χ0n) is 17.1. The van der Waals surface area contributed by atoms with E-state index in [1.165, 1.54) is 0 Å². The van der Waals surface area contributed by atoms with E-state index in [2.05, 4.69) is 16.4 Å². The molecule has 0 spiro atoms. The molecule has 0 rings (SSSR count). The molecule has 0 fully saturated rings. The monoisotopic (exact) mass is 575 g/mol. The molecule has 0 aliphatic rings. The number of ether oxygens (including phenoxy) is 2. The van der Waals surface area contributed by atoms with Gasteiger partial charge in [0, 0.05) is 6.42 Å². The summed E-state index contributed by atoms with van der Waals surface area (Å²) in [5.74, 6) is -55.5. The molecule has 0 amide bonds. The fraction of sp³-hybridized carbons (Fsp3) is 0.750. The molecule has 3 nitrogen and oxygen atoms in total. The summed E-state index contributed by atoms with van der Waals surface area (Å²) >= 11 is 0. The van der Waals surface area contributed by atoms with Crippen LogP contribution in [-0.4, -0.2) is 60.4 Å².